The normalized spacial score (nSPS) is 15.0. The zero-order valence-electron chi connectivity index (χ0n) is 17.3. The summed E-state index contributed by atoms with van der Waals surface area (Å²) in [6.45, 7) is -0.424. The molecule has 3 aromatic rings. The highest BCUT2D eigenvalue weighted by Gasteiger charge is 2.35. The summed E-state index contributed by atoms with van der Waals surface area (Å²) in [4.78, 5) is 38.3. The second-order valence-electron chi connectivity index (χ2n) is 7.32. The van der Waals surface area contributed by atoms with E-state index in [2.05, 4.69) is 0 Å². The highest BCUT2D eigenvalue weighted by molar-refractivity contribution is 8.01. The Hall–Kier alpha value is -3.82. The molecular formula is C24H20N2O6S. The molecule has 1 unspecified atom stereocenters. The van der Waals surface area contributed by atoms with E-state index >= 15 is 0 Å². The van der Waals surface area contributed by atoms with Gasteiger partial charge in [0.1, 0.15) is 18.0 Å². The Kier molecular flexibility index (Phi) is 6.62. The molecule has 2 amide bonds. The Morgan fingerprint density at radius 3 is 2.36 bits per heavy atom. The molecule has 1 aliphatic heterocycles. The number of benzene rings is 3. The van der Waals surface area contributed by atoms with E-state index in [4.69, 9.17) is 9.94 Å². The number of nitrogens with zero attached hydrogens (tertiary/aromatic N) is 1. The number of carboxylic acids is 1. The van der Waals surface area contributed by atoms with Crippen molar-refractivity contribution in [2.24, 2.45) is 0 Å². The fourth-order valence-corrected chi connectivity index (χ4v) is 4.71. The van der Waals surface area contributed by atoms with Crippen LogP contribution in [0.5, 0.6) is 11.5 Å². The highest BCUT2D eigenvalue weighted by Crippen LogP contribution is 2.41. The van der Waals surface area contributed by atoms with E-state index in [1.165, 1.54) is 34.3 Å². The van der Waals surface area contributed by atoms with Crippen LogP contribution in [0.15, 0.2) is 77.7 Å². The van der Waals surface area contributed by atoms with Gasteiger partial charge < -0.3 is 14.7 Å². The fraction of sp³-hybridized carbons (Fsp3) is 0.125. The van der Waals surface area contributed by atoms with Gasteiger partial charge in [-0.15, -0.1) is 11.8 Å². The summed E-state index contributed by atoms with van der Waals surface area (Å²) < 4.78 is 5.80. The number of fused-ring (bicyclic) bond motifs is 1. The van der Waals surface area contributed by atoms with Crippen molar-refractivity contribution in [3.63, 3.8) is 0 Å². The maximum absolute atomic E-state index is 13.2. The van der Waals surface area contributed by atoms with E-state index in [0.29, 0.717) is 22.8 Å². The Morgan fingerprint density at radius 2 is 1.70 bits per heavy atom. The average Bonchev–Trinajstić information content (AvgIpc) is 2.83. The summed E-state index contributed by atoms with van der Waals surface area (Å²) >= 11 is 1.32. The van der Waals surface area contributed by atoms with Crippen molar-refractivity contribution < 1.29 is 29.4 Å². The standard InChI is InChI=1S/C24H20N2O6S/c27-22(25-31)14-26-19-13-16(24(29)30)8-11-20(19)33-21(23(26)28)12-15-6-9-18(10-7-15)32-17-4-2-1-3-5-17/h1-11,13,21,31H,12,14H2,(H,25,27)(H,29,30). The highest BCUT2D eigenvalue weighted by atomic mass is 32.2. The van der Waals surface area contributed by atoms with Gasteiger partial charge in [-0.25, -0.2) is 10.3 Å². The molecule has 3 N–H and O–H groups in total. The molecule has 1 aliphatic rings. The zero-order chi connectivity index (χ0) is 23.4. The van der Waals surface area contributed by atoms with Crippen LogP contribution in [0.25, 0.3) is 0 Å². The number of hydroxylamine groups is 1. The summed E-state index contributed by atoms with van der Waals surface area (Å²) in [6.07, 6.45) is 0.395. The van der Waals surface area contributed by atoms with Crippen LogP contribution in [0.1, 0.15) is 15.9 Å². The lowest BCUT2D eigenvalue weighted by atomic mass is 10.1. The van der Waals surface area contributed by atoms with Crippen LogP contribution in [0.3, 0.4) is 0 Å². The Bertz CT molecular complexity index is 1180. The van der Waals surface area contributed by atoms with Crippen molar-refractivity contribution in [2.45, 2.75) is 16.6 Å². The van der Waals surface area contributed by atoms with Crippen LogP contribution >= 0.6 is 11.8 Å². The lowest BCUT2D eigenvalue weighted by molar-refractivity contribution is -0.129. The minimum atomic E-state index is -1.14. The molecule has 0 radical (unpaired) electrons. The smallest absolute Gasteiger partial charge is 0.335 e. The van der Waals surface area contributed by atoms with E-state index in [-0.39, 0.29) is 11.5 Å². The minimum Gasteiger partial charge on any atom is -0.478 e. The lowest BCUT2D eigenvalue weighted by Gasteiger charge is -2.33. The zero-order valence-corrected chi connectivity index (χ0v) is 18.1. The number of hydrogen-bond acceptors (Lipinski definition) is 6. The van der Waals surface area contributed by atoms with E-state index in [9.17, 15) is 19.5 Å². The van der Waals surface area contributed by atoms with E-state index in [1.807, 2.05) is 54.6 Å². The number of carboxylic acid groups (broad SMARTS) is 1. The van der Waals surface area contributed by atoms with Crippen LogP contribution in [0.2, 0.25) is 0 Å². The van der Waals surface area contributed by atoms with Gasteiger partial charge in [0, 0.05) is 4.90 Å². The molecule has 1 heterocycles. The van der Waals surface area contributed by atoms with Gasteiger partial charge in [-0.3, -0.25) is 14.8 Å². The number of amides is 2. The molecule has 0 aromatic heterocycles. The molecule has 9 heteroatoms. The third kappa shape index (κ3) is 5.16. The largest absolute Gasteiger partial charge is 0.478 e. The second-order valence-corrected chi connectivity index (χ2v) is 8.56. The third-order valence-electron chi connectivity index (χ3n) is 5.06. The van der Waals surface area contributed by atoms with Crippen LogP contribution in [0.4, 0.5) is 5.69 Å². The average molecular weight is 464 g/mol. The number of ether oxygens (including phenoxy) is 1. The SMILES string of the molecule is O=C(CN1C(=O)C(Cc2ccc(Oc3ccccc3)cc2)Sc2ccc(C(=O)O)cc21)NO. The number of rotatable bonds is 7. The van der Waals surface area contributed by atoms with Crippen molar-refractivity contribution in [3.05, 3.63) is 83.9 Å². The summed E-state index contributed by atoms with van der Waals surface area (Å²) in [5.74, 6) is -0.869. The van der Waals surface area contributed by atoms with Crippen LogP contribution < -0.4 is 15.1 Å². The van der Waals surface area contributed by atoms with Gasteiger partial charge >= 0.3 is 5.97 Å². The minimum absolute atomic E-state index is 0.00371. The molecule has 0 fully saturated rings. The molecule has 4 rings (SSSR count). The van der Waals surface area contributed by atoms with Crippen molar-refractivity contribution in [3.8, 4) is 11.5 Å². The van der Waals surface area contributed by atoms with Crippen molar-refractivity contribution in [1.82, 2.24) is 5.48 Å². The topological polar surface area (TPSA) is 116 Å². The molecular weight excluding hydrogens is 444 g/mol. The number of aromatic carboxylic acids is 1. The predicted molar refractivity (Wildman–Crippen MR) is 122 cm³/mol. The monoisotopic (exact) mass is 464 g/mol. The number of thioether (sulfide) groups is 1. The first-order chi connectivity index (χ1) is 15.9. The van der Waals surface area contributed by atoms with Gasteiger partial charge in [-0.2, -0.15) is 0 Å². The number of hydrogen-bond donors (Lipinski definition) is 3. The molecule has 1 atom stereocenters. The summed E-state index contributed by atoms with van der Waals surface area (Å²) in [7, 11) is 0. The summed E-state index contributed by atoms with van der Waals surface area (Å²) in [6, 6.07) is 21.2. The van der Waals surface area contributed by atoms with Crippen molar-refractivity contribution >= 4 is 35.2 Å². The molecule has 0 saturated heterocycles. The Morgan fingerprint density at radius 1 is 1.00 bits per heavy atom. The van der Waals surface area contributed by atoms with Crippen LogP contribution in [-0.2, 0) is 16.0 Å². The van der Waals surface area contributed by atoms with Gasteiger partial charge in [0.15, 0.2) is 0 Å². The second kappa shape index (κ2) is 9.76. The number of carbonyl (C=O) groups is 3. The van der Waals surface area contributed by atoms with Gasteiger partial charge in [0.2, 0.25) is 5.91 Å². The number of nitrogens with one attached hydrogen (secondary N) is 1. The number of carbonyl (C=O) groups excluding carboxylic acids is 2. The first-order valence-corrected chi connectivity index (χ1v) is 10.9. The summed E-state index contributed by atoms with van der Waals surface area (Å²) in [5, 5.41) is 17.7. The van der Waals surface area contributed by atoms with E-state index in [0.717, 1.165) is 11.3 Å². The Labute approximate surface area is 193 Å². The van der Waals surface area contributed by atoms with E-state index < -0.39 is 23.7 Å². The molecule has 0 aliphatic carbocycles. The van der Waals surface area contributed by atoms with Crippen LogP contribution in [0, 0.1) is 0 Å². The third-order valence-corrected chi connectivity index (χ3v) is 6.31. The maximum atomic E-state index is 13.2. The fourth-order valence-electron chi connectivity index (χ4n) is 3.46. The molecule has 0 saturated carbocycles. The van der Waals surface area contributed by atoms with Crippen molar-refractivity contribution in [2.75, 3.05) is 11.4 Å². The first kappa shape index (κ1) is 22.4. The van der Waals surface area contributed by atoms with Gasteiger partial charge in [0.05, 0.1) is 16.5 Å². The molecule has 168 valence electrons. The molecule has 33 heavy (non-hydrogen) atoms. The van der Waals surface area contributed by atoms with Gasteiger partial charge in [0.25, 0.3) is 5.91 Å². The quantitative estimate of drug-likeness (QED) is 0.360. The maximum Gasteiger partial charge on any atom is 0.335 e. The number of para-hydroxylation sites is 1. The van der Waals surface area contributed by atoms with Gasteiger partial charge in [-0.1, -0.05) is 30.3 Å². The van der Waals surface area contributed by atoms with Crippen molar-refractivity contribution in [1.29, 1.82) is 0 Å². The predicted octanol–water partition coefficient (Wildman–Crippen LogP) is 3.73. The molecule has 8 nitrogen and oxygen atoms in total. The first-order valence-electron chi connectivity index (χ1n) is 10.0. The summed E-state index contributed by atoms with van der Waals surface area (Å²) in [5.41, 5.74) is 2.76. The molecule has 0 spiro atoms. The van der Waals surface area contributed by atoms with Gasteiger partial charge in [-0.05, 0) is 54.4 Å². The lowest BCUT2D eigenvalue weighted by Crippen LogP contribution is -2.46. The molecule has 3 aromatic carbocycles. The van der Waals surface area contributed by atoms with Crippen LogP contribution in [-0.4, -0.2) is 39.9 Å². The van der Waals surface area contributed by atoms with E-state index in [1.54, 1.807) is 6.07 Å². The Balaban J connectivity index is 1.55. The number of anilines is 1. The molecule has 0 bridgehead atoms.